The average molecular weight is 543 g/mol. The van der Waals surface area contributed by atoms with Crippen LogP contribution in [0.25, 0.3) is 0 Å². The largest absolute Gasteiger partial charge is 0.493 e. The van der Waals surface area contributed by atoms with Gasteiger partial charge in [-0.3, -0.25) is 9.78 Å². The second kappa shape index (κ2) is 10.6. The van der Waals surface area contributed by atoms with E-state index in [2.05, 4.69) is 9.88 Å². The molecule has 0 aliphatic carbocycles. The number of halogens is 3. The third-order valence-electron chi connectivity index (χ3n) is 7.69. The minimum atomic E-state index is -4.76. The van der Waals surface area contributed by atoms with E-state index in [0.717, 1.165) is 37.7 Å². The zero-order valence-corrected chi connectivity index (χ0v) is 21.4. The van der Waals surface area contributed by atoms with Gasteiger partial charge in [0.15, 0.2) is 0 Å². The monoisotopic (exact) mass is 542 g/mol. The number of alkyl halides is 3. The average Bonchev–Trinajstić information content (AvgIpc) is 2.95. The number of pyridine rings is 1. The van der Waals surface area contributed by atoms with E-state index >= 15 is 0 Å². The molecule has 8 nitrogen and oxygen atoms in total. The Morgan fingerprint density at radius 3 is 2.49 bits per heavy atom. The van der Waals surface area contributed by atoms with E-state index in [1.54, 1.807) is 47.4 Å². The summed E-state index contributed by atoms with van der Waals surface area (Å²) in [6.07, 6.45) is 2.91. The van der Waals surface area contributed by atoms with Crippen LogP contribution in [-0.4, -0.2) is 77.3 Å². The van der Waals surface area contributed by atoms with E-state index in [0.29, 0.717) is 29.9 Å². The predicted octanol–water partition coefficient (Wildman–Crippen LogP) is 4.42. The molecule has 1 N–H and O–H groups in total. The second-order valence-corrected chi connectivity index (χ2v) is 9.93. The van der Waals surface area contributed by atoms with Crippen LogP contribution in [0.2, 0.25) is 0 Å². The van der Waals surface area contributed by atoms with Gasteiger partial charge >= 0.3 is 12.1 Å². The summed E-state index contributed by atoms with van der Waals surface area (Å²) >= 11 is 0. The molecular weight excluding hydrogens is 513 g/mol. The molecule has 39 heavy (non-hydrogen) atoms. The van der Waals surface area contributed by atoms with Gasteiger partial charge in [0, 0.05) is 68.0 Å². The van der Waals surface area contributed by atoms with Crippen LogP contribution in [0.4, 0.5) is 18.9 Å². The molecule has 1 aromatic carbocycles. The van der Waals surface area contributed by atoms with E-state index in [1.165, 1.54) is 6.20 Å². The number of piperidine rings is 1. The Morgan fingerprint density at radius 1 is 1.10 bits per heavy atom. The summed E-state index contributed by atoms with van der Waals surface area (Å²) in [5.41, 5.74) is 0.350. The first-order valence-electron chi connectivity index (χ1n) is 12.8. The Labute approximate surface area is 224 Å². The molecule has 11 heteroatoms. The fourth-order valence-electron chi connectivity index (χ4n) is 5.54. The molecule has 1 unspecified atom stereocenters. The third-order valence-corrected chi connectivity index (χ3v) is 7.69. The Morgan fingerprint density at radius 2 is 1.82 bits per heavy atom. The van der Waals surface area contributed by atoms with Gasteiger partial charge in [-0.25, -0.2) is 4.79 Å². The molecule has 0 saturated carbocycles. The molecule has 4 heterocycles. The summed E-state index contributed by atoms with van der Waals surface area (Å²) in [5, 5.41) is 9.47. The summed E-state index contributed by atoms with van der Waals surface area (Å²) in [4.78, 5) is 34.8. The first-order chi connectivity index (χ1) is 18.6. The summed E-state index contributed by atoms with van der Waals surface area (Å²) in [7, 11) is 1.79. The van der Waals surface area contributed by atoms with Crippen LogP contribution in [-0.2, 0) is 4.79 Å². The number of aromatic nitrogens is 1. The van der Waals surface area contributed by atoms with Gasteiger partial charge in [0.25, 0.3) is 5.91 Å². The number of fused-ring (bicyclic) bond motifs is 1. The molecule has 206 valence electrons. The Kier molecular flexibility index (Phi) is 7.24. The van der Waals surface area contributed by atoms with Crippen molar-refractivity contribution in [3.63, 3.8) is 0 Å². The molecule has 1 aromatic heterocycles. The highest BCUT2D eigenvalue weighted by Crippen LogP contribution is 2.40. The fraction of sp³-hybridized carbons (Fsp3) is 0.393. The van der Waals surface area contributed by atoms with Crippen LogP contribution in [0.3, 0.4) is 0 Å². The summed E-state index contributed by atoms with van der Waals surface area (Å²) in [5.74, 6) is -1.22. The number of aliphatic carboxylic acids is 1. The molecule has 0 spiro atoms. The lowest BCUT2D eigenvalue weighted by Gasteiger charge is -2.38. The van der Waals surface area contributed by atoms with Crippen LogP contribution in [0, 0.1) is 0 Å². The van der Waals surface area contributed by atoms with Crippen molar-refractivity contribution in [1.29, 1.82) is 0 Å². The maximum atomic E-state index is 13.5. The molecule has 1 atom stereocenters. The Bertz CT molecular complexity index is 1300. The highest BCUT2D eigenvalue weighted by Gasteiger charge is 2.40. The first-order valence-corrected chi connectivity index (χ1v) is 12.8. The number of nitrogens with zero attached hydrogens (tertiary/aromatic N) is 4. The molecule has 3 aliphatic heterocycles. The zero-order chi connectivity index (χ0) is 27.7. The third kappa shape index (κ3) is 5.43. The summed E-state index contributed by atoms with van der Waals surface area (Å²) < 4.78 is 45.9. The number of hydrogen-bond donors (Lipinski definition) is 1. The van der Waals surface area contributed by atoms with Crippen molar-refractivity contribution in [3.05, 3.63) is 77.3 Å². The highest BCUT2D eigenvalue weighted by molar-refractivity contribution is 5.95. The van der Waals surface area contributed by atoms with Crippen molar-refractivity contribution in [1.82, 2.24) is 14.8 Å². The van der Waals surface area contributed by atoms with Crippen molar-refractivity contribution in [2.24, 2.45) is 0 Å². The number of allylic oxidation sites excluding steroid dienone is 2. The van der Waals surface area contributed by atoms with Crippen molar-refractivity contribution in [3.8, 4) is 5.75 Å². The lowest BCUT2D eigenvalue weighted by atomic mass is 9.94. The number of rotatable bonds is 5. The van der Waals surface area contributed by atoms with Gasteiger partial charge < -0.3 is 24.5 Å². The Balaban J connectivity index is 1.32. The van der Waals surface area contributed by atoms with Crippen LogP contribution in [0.15, 0.2) is 66.1 Å². The number of hydrogen-bond acceptors (Lipinski definition) is 6. The van der Waals surface area contributed by atoms with Gasteiger partial charge in [-0.05, 0) is 49.2 Å². The van der Waals surface area contributed by atoms with Crippen LogP contribution in [0.1, 0.15) is 41.2 Å². The van der Waals surface area contributed by atoms with E-state index in [4.69, 9.17) is 4.74 Å². The maximum absolute atomic E-state index is 13.5. The van der Waals surface area contributed by atoms with Crippen molar-refractivity contribution in [2.45, 2.75) is 37.5 Å². The van der Waals surface area contributed by atoms with Gasteiger partial charge in [-0.2, -0.15) is 13.2 Å². The number of benzene rings is 1. The molecule has 0 radical (unpaired) electrons. The molecule has 1 fully saturated rings. The lowest BCUT2D eigenvalue weighted by molar-refractivity contribution is -0.134. The molecule has 0 bridgehead atoms. The number of carboxylic acid groups (broad SMARTS) is 1. The molecule has 2 aromatic rings. The normalized spacial score (nSPS) is 19.9. The highest BCUT2D eigenvalue weighted by atomic mass is 19.4. The van der Waals surface area contributed by atoms with E-state index in [1.807, 2.05) is 12.1 Å². The minimum Gasteiger partial charge on any atom is -0.493 e. The summed E-state index contributed by atoms with van der Waals surface area (Å²) in [6, 6.07) is 8.69. The van der Waals surface area contributed by atoms with Crippen LogP contribution in [0.5, 0.6) is 5.75 Å². The number of ether oxygens (including phenoxy) is 1. The topological polar surface area (TPSA) is 86.2 Å². The lowest BCUT2D eigenvalue weighted by Crippen LogP contribution is -2.45. The molecule has 5 rings (SSSR count). The van der Waals surface area contributed by atoms with Gasteiger partial charge in [0.2, 0.25) is 0 Å². The predicted molar refractivity (Wildman–Crippen MR) is 137 cm³/mol. The van der Waals surface area contributed by atoms with Gasteiger partial charge in [-0.15, -0.1) is 0 Å². The number of carboxylic acids is 1. The number of anilines is 1. The van der Waals surface area contributed by atoms with Gasteiger partial charge in [0.1, 0.15) is 5.75 Å². The second-order valence-electron chi connectivity index (χ2n) is 9.93. The number of amides is 1. The van der Waals surface area contributed by atoms with E-state index < -0.39 is 35.9 Å². The minimum absolute atomic E-state index is 0.0627. The Hall–Kier alpha value is -4.02. The standard InChI is InChI=1S/C28H29F3N4O4/c1-33(19-6-12-34(13-7-19)20-4-10-32-11-5-20)26(36)18-2-3-25-21(16-18)24(9-15-39-25)35-14-8-23(28(29,30)31)22(17-35)27(37)38/h2-5,8,10-11,14,16,19,24H,6-7,9,12-13,15,17H2,1H3,(H,37,38). The quantitative estimate of drug-likeness (QED) is 0.599. The molecule has 1 saturated heterocycles. The van der Waals surface area contributed by atoms with Crippen LogP contribution < -0.4 is 9.64 Å². The van der Waals surface area contributed by atoms with Crippen molar-refractivity contribution in [2.75, 3.05) is 38.2 Å². The van der Waals surface area contributed by atoms with Crippen molar-refractivity contribution >= 4 is 17.6 Å². The van der Waals surface area contributed by atoms with Crippen LogP contribution >= 0.6 is 0 Å². The zero-order valence-electron chi connectivity index (χ0n) is 21.4. The molecule has 3 aliphatic rings. The molecular formula is C28H29F3N4O4. The molecule has 1 amide bonds. The smallest absolute Gasteiger partial charge is 0.417 e. The number of carbonyl (C=O) groups is 2. The van der Waals surface area contributed by atoms with E-state index in [-0.39, 0.29) is 11.9 Å². The van der Waals surface area contributed by atoms with Gasteiger partial charge in [0.05, 0.1) is 30.3 Å². The van der Waals surface area contributed by atoms with Gasteiger partial charge in [-0.1, -0.05) is 0 Å². The first kappa shape index (κ1) is 26.6. The van der Waals surface area contributed by atoms with E-state index in [9.17, 15) is 27.9 Å². The SMILES string of the molecule is CN(C(=O)c1ccc2c(c1)C(N1C=CC(C(F)(F)F)=C(C(=O)O)C1)CCO2)C1CCN(c2ccncc2)CC1. The fourth-order valence-corrected chi connectivity index (χ4v) is 5.54. The summed E-state index contributed by atoms with van der Waals surface area (Å²) in [6.45, 7) is 1.54. The maximum Gasteiger partial charge on any atom is 0.417 e. The number of carbonyl (C=O) groups excluding carboxylic acids is 1. The van der Waals surface area contributed by atoms with Crippen molar-refractivity contribution < 1.29 is 32.6 Å².